The molecule has 1 atom stereocenters. The fourth-order valence-electron chi connectivity index (χ4n) is 2.61. The molecule has 0 bridgehead atoms. The van der Waals surface area contributed by atoms with Gasteiger partial charge >= 0.3 is 0 Å². The number of amides is 1. The summed E-state index contributed by atoms with van der Waals surface area (Å²) in [4.78, 5) is 17.1. The number of nitrogens with one attached hydrogen (secondary N) is 2. The Bertz CT molecular complexity index is 798. The standard InChI is InChI=1S/C18H19FN4OS/c19-14-3-1-12(2-4-14)15(5-8-20)17(24)23-18-22-16(11-25-18)13-6-9-21-10-7-13/h1-4,6-7,9,11,15,21H,5,8,10,20H2,(H,22,23,24). The average molecular weight is 358 g/mol. The minimum Gasteiger partial charge on any atom is -0.387 e. The molecule has 3 rings (SSSR count). The number of halogens is 1. The lowest BCUT2D eigenvalue weighted by Crippen LogP contribution is -2.23. The molecule has 1 aromatic heterocycles. The fourth-order valence-corrected chi connectivity index (χ4v) is 3.33. The molecule has 0 spiro atoms. The topological polar surface area (TPSA) is 80.0 Å². The number of hydrogen-bond acceptors (Lipinski definition) is 5. The normalized spacial score (nSPS) is 14.6. The van der Waals surface area contributed by atoms with E-state index in [2.05, 4.69) is 15.6 Å². The van der Waals surface area contributed by atoms with Crippen LogP contribution >= 0.6 is 11.3 Å². The van der Waals surface area contributed by atoms with Crippen molar-refractivity contribution in [2.45, 2.75) is 12.3 Å². The molecule has 4 N–H and O–H groups in total. The predicted molar refractivity (Wildman–Crippen MR) is 98.7 cm³/mol. The third-order valence-corrected chi connectivity index (χ3v) is 4.65. The number of aromatic nitrogens is 1. The van der Waals surface area contributed by atoms with Crippen LogP contribution in [0, 0.1) is 5.82 Å². The summed E-state index contributed by atoms with van der Waals surface area (Å²) in [7, 11) is 0. The largest absolute Gasteiger partial charge is 0.387 e. The quantitative estimate of drug-likeness (QED) is 0.742. The number of rotatable bonds is 6. The van der Waals surface area contributed by atoms with Gasteiger partial charge in [-0.25, -0.2) is 9.37 Å². The Hall–Kier alpha value is -2.51. The maximum atomic E-state index is 13.1. The molecule has 25 heavy (non-hydrogen) atoms. The molecule has 5 nitrogen and oxygen atoms in total. The first-order valence-corrected chi connectivity index (χ1v) is 8.87. The van der Waals surface area contributed by atoms with E-state index in [1.807, 2.05) is 23.7 Å². The molecule has 1 amide bonds. The van der Waals surface area contributed by atoms with E-state index in [4.69, 9.17) is 5.73 Å². The van der Waals surface area contributed by atoms with Gasteiger partial charge in [0.15, 0.2) is 5.13 Å². The van der Waals surface area contributed by atoms with E-state index in [1.165, 1.54) is 23.5 Å². The number of carbonyl (C=O) groups is 1. The Morgan fingerprint density at radius 1 is 1.40 bits per heavy atom. The van der Waals surface area contributed by atoms with Crippen molar-refractivity contribution in [1.82, 2.24) is 10.3 Å². The molecule has 0 radical (unpaired) electrons. The van der Waals surface area contributed by atoms with Crippen molar-refractivity contribution in [2.75, 3.05) is 18.4 Å². The molecule has 0 fully saturated rings. The van der Waals surface area contributed by atoms with Crippen molar-refractivity contribution in [3.8, 4) is 0 Å². The van der Waals surface area contributed by atoms with Crippen molar-refractivity contribution in [2.24, 2.45) is 5.73 Å². The van der Waals surface area contributed by atoms with Crippen LogP contribution in [0.4, 0.5) is 9.52 Å². The Morgan fingerprint density at radius 3 is 2.88 bits per heavy atom. The van der Waals surface area contributed by atoms with E-state index in [1.54, 1.807) is 12.1 Å². The molecule has 1 aliphatic heterocycles. The number of allylic oxidation sites excluding steroid dienone is 2. The van der Waals surface area contributed by atoms with Crippen molar-refractivity contribution in [3.63, 3.8) is 0 Å². The maximum Gasteiger partial charge on any atom is 0.233 e. The maximum absolute atomic E-state index is 13.1. The summed E-state index contributed by atoms with van der Waals surface area (Å²) < 4.78 is 13.1. The van der Waals surface area contributed by atoms with Crippen LogP contribution in [0.2, 0.25) is 0 Å². The number of thiazole rings is 1. The Morgan fingerprint density at radius 2 is 2.20 bits per heavy atom. The number of carbonyl (C=O) groups excluding carboxylic acids is 1. The molecule has 2 heterocycles. The van der Waals surface area contributed by atoms with Gasteiger partial charge in [0.2, 0.25) is 5.91 Å². The number of benzene rings is 1. The molecule has 130 valence electrons. The van der Waals surface area contributed by atoms with E-state index in [0.29, 0.717) is 18.1 Å². The first-order chi connectivity index (χ1) is 12.2. The zero-order valence-corrected chi connectivity index (χ0v) is 14.4. The van der Waals surface area contributed by atoms with Gasteiger partial charge in [0.25, 0.3) is 0 Å². The fraction of sp³-hybridized carbons (Fsp3) is 0.222. The monoisotopic (exact) mass is 358 g/mol. The van der Waals surface area contributed by atoms with Gasteiger partial charge in [-0.2, -0.15) is 0 Å². The Labute approximate surface area is 149 Å². The number of dihydropyridines is 1. The van der Waals surface area contributed by atoms with E-state index in [-0.39, 0.29) is 11.7 Å². The number of nitrogens with zero attached hydrogens (tertiary/aromatic N) is 1. The van der Waals surface area contributed by atoms with E-state index < -0.39 is 5.92 Å². The summed E-state index contributed by atoms with van der Waals surface area (Å²) in [5.41, 5.74) is 8.23. The van der Waals surface area contributed by atoms with Crippen molar-refractivity contribution in [3.05, 3.63) is 65.1 Å². The summed E-state index contributed by atoms with van der Waals surface area (Å²) in [6.45, 7) is 1.12. The molecule has 1 unspecified atom stereocenters. The average Bonchev–Trinajstić information content (AvgIpc) is 3.10. The van der Waals surface area contributed by atoms with E-state index in [9.17, 15) is 9.18 Å². The SMILES string of the molecule is NCCC(C(=O)Nc1nc(C2=CCNC=C2)cs1)c1ccc(F)cc1. The van der Waals surface area contributed by atoms with Gasteiger partial charge < -0.3 is 16.4 Å². The highest BCUT2D eigenvalue weighted by Gasteiger charge is 2.21. The molecular formula is C18H19FN4OS. The second-order valence-corrected chi connectivity index (χ2v) is 6.47. The highest BCUT2D eigenvalue weighted by molar-refractivity contribution is 7.14. The molecule has 2 aromatic rings. The molecule has 7 heteroatoms. The van der Waals surface area contributed by atoms with Crippen LogP contribution in [0.15, 0.2) is 48.0 Å². The lowest BCUT2D eigenvalue weighted by Gasteiger charge is -2.15. The van der Waals surface area contributed by atoms with Gasteiger partial charge in [-0.05, 0) is 42.9 Å². The van der Waals surface area contributed by atoms with Gasteiger partial charge in [0, 0.05) is 17.5 Å². The number of anilines is 1. The van der Waals surface area contributed by atoms with Gasteiger partial charge in [-0.3, -0.25) is 4.79 Å². The molecule has 1 aromatic carbocycles. The van der Waals surface area contributed by atoms with Crippen LogP contribution in [0.5, 0.6) is 0 Å². The first kappa shape index (κ1) is 17.3. The molecule has 0 saturated heterocycles. The minimum atomic E-state index is -0.434. The first-order valence-electron chi connectivity index (χ1n) is 8.00. The second kappa shape index (κ2) is 8.04. The van der Waals surface area contributed by atoms with E-state index in [0.717, 1.165) is 23.4 Å². The van der Waals surface area contributed by atoms with E-state index >= 15 is 0 Å². The summed E-state index contributed by atoms with van der Waals surface area (Å²) in [6.07, 6.45) is 6.34. The number of hydrogen-bond donors (Lipinski definition) is 3. The summed E-state index contributed by atoms with van der Waals surface area (Å²) in [5.74, 6) is -0.952. The van der Waals surface area contributed by atoms with Crippen LogP contribution < -0.4 is 16.4 Å². The highest BCUT2D eigenvalue weighted by atomic mass is 32.1. The zero-order chi connectivity index (χ0) is 17.6. The Kier molecular flexibility index (Phi) is 5.57. The third kappa shape index (κ3) is 4.32. The molecular weight excluding hydrogens is 339 g/mol. The van der Waals surface area contributed by atoms with Crippen LogP contribution in [-0.2, 0) is 4.79 Å². The van der Waals surface area contributed by atoms with Crippen LogP contribution in [0.25, 0.3) is 5.57 Å². The lowest BCUT2D eigenvalue weighted by atomic mass is 9.95. The predicted octanol–water partition coefficient (Wildman–Crippen LogP) is 2.85. The summed E-state index contributed by atoms with van der Waals surface area (Å²) in [5, 5.41) is 8.39. The third-order valence-electron chi connectivity index (χ3n) is 3.89. The minimum absolute atomic E-state index is 0.187. The van der Waals surface area contributed by atoms with Crippen LogP contribution in [0.1, 0.15) is 23.6 Å². The van der Waals surface area contributed by atoms with Gasteiger partial charge in [0.05, 0.1) is 11.6 Å². The summed E-state index contributed by atoms with van der Waals surface area (Å²) >= 11 is 1.38. The lowest BCUT2D eigenvalue weighted by molar-refractivity contribution is -0.117. The highest BCUT2D eigenvalue weighted by Crippen LogP contribution is 2.26. The van der Waals surface area contributed by atoms with Crippen molar-refractivity contribution < 1.29 is 9.18 Å². The van der Waals surface area contributed by atoms with Gasteiger partial charge in [0.1, 0.15) is 5.82 Å². The van der Waals surface area contributed by atoms with Crippen LogP contribution in [0.3, 0.4) is 0 Å². The summed E-state index contributed by atoms with van der Waals surface area (Å²) in [6, 6.07) is 5.94. The van der Waals surface area contributed by atoms with Crippen molar-refractivity contribution in [1.29, 1.82) is 0 Å². The second-order valence-electron chi connectivity index (χ2n) is 5.61. The smallest absolute Gasteiger partial charge is 0.233 e. The van der Waals surface area contributed by atoms with Gasteiger partial charge in [-0.1, -0.05) is 18.2 Å². The molecule has 0 saturated carbocycles. The number of nitrogens with two attached hydrogens (primary N) is 1. The van der Waals surface area contributed by atoms with Crippen molar-refractivity contribution >= 4 is 27.9 Å². The Balaban J connectivity index is 1.73. The molecule has 1 aliphatic rings. The zero-order valence-electron chi connectivity index (χ0n) is 13.5. The molecule has 0 aliphatic carbocycles. The van der Waals surface area contributed by atoms with Crippen LogP contribution in [-0.4, -0.2) is 24.0 Å². The van der Waals surface area contributed by atoms with Gasteiger partial charge in [-0.15, -0.1) is 11.3 Å².